The van der Waals surface area contributed by atoms with Gasteiger partial charge in [-0.15, -0.1) is 0 Å². The zero-order valence-corrected chi connectivity index (χ0v) is 10.8. The van der Waals surface area contributed by atoms with Crippen LogP contribution in [0, 0.1) is 0 Å². The summed E-state index contributed by atoms with van der Waals surface area (Å²) in [6, 6.07) is 0. The van der Waals surface area contributed by atoms with E-state index in [2.05, 4.69) is 0 Å². The molecule has 0 rings (SSSR count). The van der Waals surface area contributed by atoms with Gasteiger partial charge >= 0.3 is 33.6 Å². The van der Waals surface area contributed by atoms with Gasteiger partial charge < -0.3 is 39.6 Å². The average Bonchev–Trinajstić information content (AvgIpc) is 2.12. The van der Waals surface area contributed by atoms with E-state index in [9.17, 15) is 39.6 Å². The smallest absolute Gasteiger partial charge is 0.550 e. The molecule has 18 heavy (non-hydrogen) atoms. The van der Waals surface area contributed by atoms with E-state index in [0.29, 0.717) is 0 Å². The quantitative estimate of drug-likeness (QED) is 0.458. The van der Waals surface area contributed by atoms with Crippen LogP contribution in [-0.2, 0) is 52.7 Å². The molecule has 0 spiro atoms. The van der Waals surface area contributed by atoms with Crippen LogP contribution in [0.1, 0.15) is 25.7 Å². The molecular formula is C8H8Co2O8. The number of hydrogen-bond acceptors (Lipinski definition) is 8. The van der Waals surface area contributed by atoms with Crippen molar-refractivity contribution in [2.75, 3.05) is 0 Å². The van der Waals surface area contributed by atoms with Gasteiger partial charge in [-0.05, 0) is 25.7 Å². The molecule has 0 unspecified atom stereocenters. The first-order valence-electron chi connectivity index (χ1n) is 4.05. The first-order chi connectivity index (χ1) is 7.25. The molecule has 0 aromatic rings. The van der Waals surface area contributed by atoms with Crippen molar-refractivity contribution in [2.24, 2.45) is 0 Å². The van der Waals surface area contributed by atoms with Crippen molar-refractivity contribution in [3.8, 4) is 0 Å². The van der Waals surface area contributed by atoms with Crippen molar-refractivity contribution in [1.29, 1.82) is 0 Å². The number of aliphatic carboxylic acids is 4. The van der Waals surface area contributed by atoms with Crippen LogP contribution in [-0.4, -0.2) is 23.9 Å². The summed E-state index contributed by atoms with van der Waals surface area (Å²) in [4.78, 5) is 38.0. The molecule has 0 amide bonds. The molecular weight excluding hydrogens is 342 g/mol. The van der Waals surface area contributed by atoms with Crippen molar-refractivity contribution >= 4 is 23.9 Å². The van der Waals surface area contributed by atoms with Gasteiger partial charge in [0.25, 0.3) is 0 Å². The zero-order chi connectivity index (χ0) is 13.1. The molecule has 0 N–H and O–H groups in total. The Kier molecular flexibility index (Phi) is 22.7. The van der Waals surface area contributed by atoms with Crippen LogP contribution in [0.4, 0.5) is 0 Å². The molecule has 0 aliphatic rings. The first kappa shape index (κ1) is 25.7. The molecule has 0 fully saturated rings. The fourth-order valence-corrected chi connectivity index (χ4v) is 0.408. The van der Waals surface area contributed by atoms with Gasteiger partial charge in [-0.1, -0.05) is 0 Å². The second kappa shape index (κ2) is 15.9. The van der Waals surface area contributed by atoms with Crippen molar-refractivity contribution < 1.29 is 73.2 Å². The van der Waals surface area contributed by atoms with Gasteiger partial charge in [-0.3, -0.25) is 0 Å². The summed E-state index contributed by atoms with van der Waals surface area (Å²) in [6.07, 6.45) is -1.88. The molecule has 2 radical (unpaired) electrons. The van der Waals surface area contributed by atoms with Crippen LogP contribution in [0.2, 0.25) is 0 Å². The summed E-state index contributed by atoms with van der Waals surface area (Å²) in [6.45, 7) is 0. The molecule has 0 saturated heterocycles. The number of carbonyl (C=O) groups is 4. The van der Waals surface area contributed by atoms with Crippen LogP contribution in [0.3, 0.4) is 0 Å². The van der Waals surface area contributed by atoms with Crippen LogP contribution in [0.5, 0.6) is 0 Å². The van der Waals surface area contributed by atoms with E-state index in [1.54, 1.807) is 0 Å². The minimum atomic E-state index is -1.37. The Hall–Kier alpha value is -1.11. The molecule has 0 aromatic carbocycles. The Balaban J connectivity index is -0.0000000980. The van der Waals surface area contributed by atoms with Crippen molar-refractivity contribution in [2.45, 2.75) is 25.7 Å². The minimum absolute atomic E-state index is 0. The van der Waals surface area contributed by atoms with Gasteiger partial charge in [0, 0.05) is 23.9 Å². The Morgan fingerprint density at radius 1 is 0.500 bits per heavy atom. The summed E-state index contributed by atoms with van der Waals surface area (Å²) in [5.41, 5.74) is 0. The number of carboxylic acid groups (broad SMARTS) is 4. The van der Waals surface area contributed by atoms with Gasteiger partial charge in [0.2, 0.25) is 0 Å². The molecule has 106 valence electrons. The van der Waals surface area contributed by atoms with Gasteiger partial charge in [0.05, 0.1) is 0 Å². The third-order valence-corrected chi connectivity index (χ3v) is 1.07. The summed E-state index contributed by atoms with van der Waals surface area (Å²) < 4.78 is 0. The Morgan fingerprint density at radius 3 is 0.667 bits per heavy atom. The molecule has 0 aliphatic heterocycles. The molecule has 0 aromatic heterocycles. The van der Waals surface area contributed by atoms with E-state index in [4.69, 9.17) is 0 Å². The monoisotopic (exact) mass is 350 g/mol. The normalized spacial score (nSPS) is 7.56. The Bertz CT molecular complexity index is 222. The predicted molar refractivity (Wildman–Crippen MR) is 38.5 cm³/mol. The van der Waals surface area contributed by atoms with E-state index in [1.807, 2.05) is 0 Å². The van der Waals surface area contributed by atoms with Crippen molar-refractivity contribution in [3.05, 3.63) is 0 Å². The Labute approximate surface area is 123 Å². The maximum atomic E-state index is 9.50. The standard InChI is InChI=1S/2C4H6O4.2Co/c2*5-3(6)1-2-4(7)8;;/h2*1-2H2,(H,5,6)(H,7,8);;/q;;2*+2/p-4. The molecule has 8 nitrogen and oxygen atoms in total. The molecule has 0 heterocycles. The largest absolute Gasteiger partial charge is 2.00 e. The van der Waals surface area contributed by atoms with Gasteiger partial charge in [0.1, 0.15) is 0 Å². The van der Waals surface area contributed by atoms with E-state index < -0.39 is 49.6 Å². The zero-order valence-electron chi connectivity index (χ0n) is 8.76. The number of carboxylic acids is 4. The molecule has 0 bridgehead atoms. The molecule has 10 heteroatoms. The third-order valence-electron chi connectivity index (χ3n) is 1.07. The molecule has 0 atom stereocenters. The van der Waals surface area contributed by atoms with E-state index in [0.717, 1.165) is 0 Å². The molecule has 0 aliphatic carbocycles. The third kappa shape index (κ3) is 36.3. The van der Waals surface area contributed by atoms with Crippen LogP contribution in [0.25, 0.3) is 0 Å². The number of hydrogen-bond donors (Lipinski definition) is 0. The fourth-order valence-electron chi connectivity index (χ4n) is 0.408. The van der Waals surface area contributed by atoms with Gasteiger partial charge in [-0.2, -0.15) is 0 Å². The number of rotatable bonds is 6. The SMILES string of the molecule is O=C([O-])CCC(=O)[O-].O=C([O-])CCC(=O)[O-].[Co+2].[Co+2]. The summed E-state index contributed by atoms with van der Waals surface area (Å²) in [5.74, 6) is -5.47. The maximum Gasteiger partial charge on any atom is 2.00 e. The van der Waals surface area contributed by atoms with E-state index in [1.165, 1.54) is 0 Å². The Morgan fingerprint density at radius 2 is 0.611 bits per heavy atom. The van der Waals surface area contributed by atoms with E-state index >= 15 is 0 Å². The first-order valence-corrected chi connectivity index (χ1v) is 4.05. The van der Waals surface area contributed by atoms with Crippen molar-refractivity contribution in [3.63, 3.8) is 0 Å². The van der Waals surface area contributed by atoms with E-state index in [-0.39, 0.29) is 33.6 Å². The van der Waals surface area contributed by atoms with Gasteiger partial charge in [0.15, 0.2) is 0 Å². The second-order valence-corrected chi connectivity index (χ2v) is 2.49. The second-order valence-electron chi connectivity index (χ2n) is 2.49. The van der Waals surface area contributed by atoms with Crippen LogP contribution >= 0.6 is 0 Å². The van der Waals surface area contributed by atoms with Gasteiger partial charge in [-0.25, -0.2) is 0 Å². The van der Waals surface area contributed by atoms with Crippen LogP contribution in [0.15, 0.2) is 0 Å². The minimum Gasteiger partial charge on any atom is -0.550 e. The summed E-state index contributed by atoms with van der Waals surface area (Å²) in [7, 11) is 0. The predicted octanol–water partition coefficient (Wildman–Crippen LogP) is -5.47. The van der Waals surface area contributed by atoms with Crippen LogP contribution < -0.4 is 20.4 Å². The van der Waals surface area contributed by atoms with Crippen molar-refractivity contribution in [1.82, 2.24) is 0 Å². The number of carbonyl (C=O) groups excluding carboxylic acids is 4. The maximum absolute atomic E-state index is 9.50. The molecule has 0 saturated carbocycles. The summed E-state index contributed by atoms with van der Waals surface area (Å²) in [5, 5.41) is 38.0. The average molecular weight is 350 g/mol. The fraction of sp³-hybridized carbons (Fsp3) is 0.500. The topological polar surface area (TPSA) is 161 Å². The summed E-state index contributed by atoms with van der Waals surface area (Å²) >= 11 is 0.